The van der Waals surface area contributed by atoms with Crippen LogP contribution in [0.1, 0.15) is 47.2 Å². The molecule has 0 saturated heterocycles. The first-order valence-electron chi connectivity index (χ1n) is 15.9. The van der Waals surface area contributed by atoms with Crippen molar-refractivity contribution in [2.75, 3.05) is 0 Å². The van der Waals surface area contributed by atoms with Crippen molar-refractivity contribution in [1.82, 2.24) is 0 Å². The van der Waals surface area contributed by atoms with Crippen molar-refractivity contribution in [3.8, 4) is 44.9 Å². The number of hydrogen-bond donors (Lipinski definition) is 0. The van der Waals surface area contributed by atoms with Gasteiger partial charge >= 0.3 is 0 Å². The van der Waals surface area contributed by atoms with Gasteiger partial charge in [-0.3, -0.25) is 0 Å². The summed E-state index contributed by atoms with van der Waals surface area (Å²) in [6, 6.07) is 54.0. The third kappa shape index (κ3) is 3.08. The van der Waals surface area contributed by atoms with Crippen LogP contribution in [-0.4, -0.2) is 0 Å². The largest absolute Gasteiger partial charge is 0.457 e. The lowest BCUT2D eigenvalue weighted by Gasteiger charge is -2.34. The Kier molecular flexibility index (Phi) is 4.78. The van der Waals surface area contributed by atoms with Crippen LogP contribution in [0.3, 0.4) is 0 Å². The van der Waals surface area contributed by atoms with E-state index in [1.165, 1.54) is 77.5 Å². The number of benzene rings is 7. The van der Waals surface area contributed by atoms with Crippen LogP contribution in [0.5, 0.6) is 11.5 Å². The van der Waals surface area contributed by atoms with Crippen LogP contribution in [-0.2, 0) is 10.8 Å². The van der Waals surface area contributed by atoms with E-state index < -0.39 is 5.41 Å². The summed E-state index contributed by atoms with van der Waals surface area (Å²) in [7, 11) is 0. The topological polar surface area (TPSA) is 9.23 Å². The van der Waals surface area contributed by atoms with E-state index in [1.807, 2.05) is 0 Å². The normalized spacial score (nSPS) is 17.6. The highest BCUT2D eigenvalue weighted by Crippen LogP contribution is 2.64. The third-order valence-corrected chi connectivity index (χ3v) is 10.7. The fraction of sp³-hybridized carbons (Fsp3) is 0.0909. The monoisotopic (exact) mass is 574 g/mol. The maximum Gasteiger partial charge on any atom is 0.132 e. The summed E-state index contributed by atoms with van der Waals surface area (Å²) in [6.45, 7) is 4.59. The minimum Gasteiger partial charge on any atom is -0.457 e. The number of rotatable bonds is 1. The Morgan fingerprint density at radius 2 is 1.00 bits per heavy atom. The molecule has 1 atom stereocenters. The Morgan fingerprint density at radius 3 is 1.82 bits per heavy atom. The highest BCUT2D eigenvalue weighted by molar-refractivity contribution is 6.04. The summed E-state index contributed by atoms with van der Waals surface area (Å²) in [6.07, 6.45) is 0. The highest BCUT2D eigenvalue weighted by Gasteiger charge is 2.52. The summed E-state index contributed by atoms with van der Waals surface area (Å²) in [4.78, 5) is 0. The van der Waals surface area contributed by atoms with Gasteiger partial charge in [0.05, 0.1) is 5.41 Å². The lowest BCUT2D eigenvalue weighted by atomic mass is 9.69. The standard InChI is InChI=1S/C44H30O/c1-43(2)37-17-9-10-18-40(37)45-41-26-29(21-24-38(41)43)28-20-22-33-31-13-5-7-15-35(31)44(39(33)25-28)36-16-8-6-14-32(36)34-23-19-27-11-3-4-12-30(27)42(34)44/h3-26H,1-2H3. The molecule has 7 aromatic rings. The van der Waals surface area contributed by atoms with Crippen molar-refractivity contribution in [2.24, 2.45) is 0 Å². The van der Waals surface area contributed by atoms with Gasteiger partial charge in [-0.15, -0.1) is 0 Å². The zero-order valence-electron chi connectivity index (χ0n) is 25.3. The minimum absolute atomic E-state index is 0.134. The summed E-state index contributed by atoms with van der Waals surface area (Å²) < 4.78 is 6.55. The van der Waals surface area contributed by atoms with E-state index >= 15 is 0 Å². The van der Waals surface area contributed by atoms with Crippen molar-refractivity contribution in [3.05, 3.63) is 179 Å². The molecule has 1 heterocycles. The van der Waals surface area contributed by atoms with Gasteiger partial charge in [-0.2, -0.15) is 0 Å². The predicted octanol–water partition coefficient (Wildman–Crippen LogP) is 11.3. The van der Waals surface area contributed by atoms with Gasteiger partial charge in [-0.1, -0.05) is 141 Å². The molecule has 2 aliphatic carbocycles. The first kappa shape index (κ1) is 25.0. The van der Waals surface area contributed by atoms with E-state index in [0.717, 1.165) is 11.5 Å². The molecule has 1 spiro atoms. The smallest absolute Gasteiger partial charge is 0.132 e. The van der Waals surface area contributed by atoms with E-state index in [1.54, 1.807) is 0 Å². The van der Waals surface area contributed by atoms with Gasteiger partial charge in [0.2, 0.25) is 0 Å². The van der Waals surface area contributed by atoms with Crippen molar-refractivity contribution in [2.45, 2.75) is 24.7 Å². The van der Waals surface area contributed by atoms with Crippen LogP contribution in [0.2, 0.25) is 0 Å². The Hall–Kier alpha value is -5.40. The lowest BCUT2D eigenvalue weighted by molar-refractivity contribution is 0.418. The first-order chi connectivity index (χ1) is 22.1. The van der Waals surface area contributed by atoms with Gasteiger partial charge in [-0.05, 0) is 84.6 Å². The molecule has 10 rings (SSSR count). The maximum absolute atomic E-state index is 6.55. The Bertz CT molecular complexity index is 2380. The van der Waals surface area contributed by atoms with Crippen LogP contribution < -0.4 is 4.74 Å². The molecular weight excluding hydrogens is 544 g/mol. The van der Waals surface area contributed by atoms with Gasteiger partial charge in [0.15, 0.2) is 0 Å². The fourth-order valence-corrected chi connectivity index (χ4v) is 8.74. The zero-order chi connectivity index (χ0) is 29.9. The predicted molar refractivity (Wildman–Crippen MR) is 184 cm³/mol. The molecule has 1 aliphatic heterocycles. The maximum atomic E-state index is 6.55. The Morgan fingerprint density at radius 1 is 0.422 bits per heavy atom. The van der Waals surface area contributed by atoms with Gasteiger partial charge in [-0.25, -0.2) is 0 Å². The Balaban J connectivity index is 1.25. The van der Waals surface area contributed by atoms with Crippen molar-refractivity contribution in [3.63, 3.8) is 0 Å². The van der Waals surface area contributed by atoms with Crippen LogP contribution in [0, 0.1) is 0 Å². The SMILES string of the molecule is CC1(C)c2ccccc2Oc2cc(-c3ccc4c(c3)C3(c5ccccc5-4)c4ccccc4-c4ccc5ccccc5c43)ccc21. The minimum atomic E-state index is -0.402. The summed E-state index contributed by atoms with van der Waals surface area (Å²) in [5.74, 6) is 1.89. The van der Waals surface area contributed by atoms with Crippen LogP contribution in [0.15, 0.2) is 146 Å². The molecule has 1 unspecified atom stereocenters. The quantitative estimate of drug-likeness (QED) is 0.189. The summed E-state index contributed by atoms with van der Waals surface area (Å²) in [5.41, 5.74) is 15.1. The summed E-state index contributed by atoms with van der Waals surface area (Å²) >= 11 is 0. The molecule has 0 fully saturated rings. The molecule has 0 amide bonds. The molecule has 45 heavy (non-hydrogen) atoms. The van der Waals surface area contributed by atoms with Gasteiger partial charge in [0, 0.05) is 16.5 Å². The van der Waals surface area contributed by atoms with E-state index in [-0.39, 0.29) is 5.41 Å². The second kappa shape index (κ2) is 8.61. The molecule has 1 heteroatoms. The van der Waals surface area contributed by atoms with Crippen LogP contribution in [0.4, 0.5) is 0 Å². The van der Waals surface area contributed by atoms with Gasteiger partial charge in [0.25, 0.3) is 0 Å². The molecule has 0 radical (unpaired) electrons. The zero-order valence-corrected chi connectivity index (χ0v) is 25.3. The molecule has 7 aromatic carbocycles. The van der Waals surface area contributed by atoms with Gasteiger partial charge < -0.3 is 4.74 Å². The second-order valence-corrected chi connectivity index (χ2v) is 13.2. The van der Waals surface area contributed by atoms with Gasteiger partial charge in [0.1, 0.15) is 11.5 Å². The molecule has 212 valence electrons. The highest BCUT2D eigenvalue weighted by atomic mass is 16.5. The van der Waals surface area contributed by atoms with E-state index in [0.29, 0.717) is 0 Å². The fourth-order valence-electron chi connectivity index (χ4n) is 8.74. The van der Waals surface area contributed by atoms with Crippen LogP contribution in [0.25, 0.3) is 44.2 Å². The average Bonchev–Trinajstić information content (AvgIpc) is 3.55. The molecule has 0 N–H and O–H groups in total. The Labute approximate surface area is 263 Å². The number of para-hydroxylation sites is 1. The molecule has 3 aliphatic rings. The number of fused-ring (bicyclic) bond motifs is 14. The lowest BCUT2D eigenvalue weighted by Crippen LogP contribution is -2.26. The van der Waals surface area contributed by atoms with Crippen molar-refractivity contribution in [1.29, 1.82) is 0 Å². The van der Waals surface area contributed by atoms with E-state index in [4.69, 9.17) is 4.74 Å². The van der Waals surface area contributed by atoms with E-state index in [2.05, 4.69) is 159 Å². The average molecular weight is 575 g/mol. The molecule has 0 bridgehead atoms. The molecule has 0 saturated carbocycles. The summed E-state index contributed by atoms with van der Waals surface area (Å²) in [5, 5.41) is 2.60. The van der Waals surface area contributed by atoms with Crippen LogP contribution >= 0.6 is 0 Å². The molecule has 0 aromatic heterocycles. The van der Waals surface area contributed by atoms with Crippen molar-refractivity contribution < 1.29 is 4.74 Å². The molecular formula is C44H30O. The third-order valence-electron chi connectivity index (χ3n) is 10.7. The number of ether oxygens (including phenoxy) is 1. The van der Waals surface area contributed by atoms with E-state index in [9.17, 15) is 0 Å². The molecule has 1 nitrogen and oxygen atoms in total. The second-order valence-electron chi connectivity index (χ2n) is 13.2. The van der Waals surface area contributed by atoms with Crippen molar-refractivity contribution >= 4 is 10.8 Å². The number of hydrogen-bond acceptors (Lipinski definition) is 1. The first-order valence-corrected chi connectivity index (χ1v) is 15.9.